The number of pyridine rings is 1. The second kappa shape index (κ2) is 3.28. The summed E-state index contributed by atoms with van der Waals surface area (Å²) < 4.78 is 26.7. The predicted molar refractivity (Wildman–Crippen MR) is 46.8 cm³/mol. The van der Waals surface area contributed by atoms with Crippen LogP contribution in [0.5, 0.6) is 0 Å². The van der Waals surface area contributed by atoms with Crippen molar-refractivity contribution >= 4 is 0 Å². The van der Waals surface area contributed by atoms with Crippen molar-refractivity contribution in [1.82, 2.24) is 4.98 Å². The van der Waals surface area contributed by atoms with Gasteiger partial charge >= 0.3 is 0 Å². The lowest BCUT2D eigenvalue weighted by Crippen LogP contribution is -2.39. The predicted octanol–water partition coefficient (Wildman–Crippen LogP) is 1.77. The largest absolute Gasteiger partial charge is 0.395 e. The lowest BCUT2D eigenvalue weighted by atomic mass is 9.65. The summed E-state index contributed by atoms with van der Waals surface area (Å²) in [5, 5.41) is 9.19. The zero-order chi connectivity index (χ0) is 10.2. The van der Waals surface area contributed by atoms with Gasteiger partial charge in [-0.25, -0.2) is 8.78 Å². The third-order valence-electron chi connectivity index (χ3n) is 3.00. The van der Waals surface area contributed by atoms with Crippen LogP contribution in [0.4, 0.5) is 8.78 Å². The maximum atomic E-state index is 13.3. The van der Waals surface area contributed by atoms with Crippen molar-refractivity contribution in [3.8, 4) is 0 Å². The Kier molecular flexibility index (Phi) is 2.23. The van der Waals surface area contributed by atoms with Gasteiger partial charge in [-0.2, -0.15) is 0 Å². The highest BCUT2D eigenvalue weighted by Crippen LogP contribution is 2.44. The van der Waals surface area contributed by atoms with E-state index in [4.69, 9.17) is 0 Å². The van der Waals surface area contributed by atoms with Crippen LogP contribution in [0.3, 0.4) is 0 Å². The first kappa shape index (κ1) is 9.52. The Balaban J connectivity index is 2.49. The lowest BCUT2D eigenvalue weighted by molar-refractivity contribution is 0.112. The average molecular weight is 199 g/mol. The quantitative estimate of drug-likeness (QED) is 0.787. The van der Waals surface area contributed by atoms with Crippen LogP contribution in [0.2, 0.25) is 0 Å². The Morgan fingerprint density at radius 2 is 1.86 bits per heavy atom. The van der Waals surface area contributed by atoms with Crippen LogP contribution in [-0.4, -0.2) is 16.7 Å². The van der Waals surface area contributed by atoms with Crippen LogP contribution in [0.15, 0.2) is 12.4 Å². The molecule has 0 atom stereocenters. The van der Waals surface area contributed by atoms with Crippen molar-refractivity contribution in [2.24, 2.45) is 0 Å². The molecule has 0 bridgehead atoms. The molecule has 0 spiro atoms. The fourth-order valence-corrected chi connectivity index (χ4v) is 2.01. The van der Waals surface area contributed by atoms with Crippen molar-refractivity contribution in [3.63, 3.8) is 0 Å². The second-order valence-electron chi connectivity index (χ2n) is 3.77. The van der Waals surface area contributed by atoms with Gasteiger partial charge in [0.1, 0.15) is 11.6 Å². The van der Waals surface area contributed by atoms with E-state index in [1.54, 1.807) is 0 Å². The molecule has 0 radical (unpaired) electrons. The van der Waals surface area contributed by atoms with Crippen LogP contribution in [-0.2, 0) is 5.41 Å². The Hall–Kier alpha value is -1.03. The summed E-state index contributed by atoms with van der Waals surface area (Å²) in [4.78, 5) is 3.42. The Labute approximate surface area is 80.6 Å². The average Bonchev–Trinajstić information content (AvgIpc) is 2.08. The summed E-state index contributed by atoms with van der Waals surface area (Å²) in [7, 11) is 0. The van der Waals surface area contributed by atoms with Crippen molar-refractivity contribution < 1.29 is 13.9 Å². The third-order valence-corrected chi connectivity index (χ3v) is 3.00. The molecule has 0 saturated heterocycles. The topological polar surface area (TPSA) is 33.1 Å². The van der Waals surface area contributed by atoms with Gasteiger partial charge in [-0.1, -0.05) is 6.42 Å². The maximum absolute atomic E-state index is 13.3. The maximum Gasteiger partial charge on any atom is 0.148 e. The number of rotatable bonds is 2. The molecule has 0 aromatic carbocycles. The molecule has 2 nitrogen and oxygen atoms in total. The molecule has 1 saturated carbocycles. The van der Waals surface area contributed by atoms with Crippen molar-refractivity contribution in [2.75, 3.05) is 6.61 Å². The number of hydrogen-bond donors (Lipinski definition) is 1. The summed E-state index contributed by atoms with van der Waals surface area (Å²) in [5.41, 5.74) is -0.696. The zero-order valence-electron chi connectivity index (χ0n) is 7.63. The first-order chi connectivity index (χ1) is 6.69. The minimum Gasteiger partial charge on any atom is -0.395 e. The van der Waals surface area contributed by atoms with Crippen LogP contribution in [0.25, 0.3) is 0 Å². The number of halogens is 2. The molecule has 1 aromatic heterocycles. The van der Waals surface area contributed by atoms with E-state index in [1.807, 2.05) is 0 Å². The van der Waals surface area contributed by atoms with Gasteiger partial charge < -0.3 is 5.11 Å². The zero-order valence-corrected chi connectivity index (χ0v) is 7.63. The first-order valence-electron chi connectivity index (χ1n) is 4.60. The molecule has 0 amide bonds. The standard InChI is InChI=1S/C10H11F2NO/c11-7-4-13-5-8(12)9(7)10(6-14)2-1-3-10/h4-5,14H,1-3,6H2. The SMILES string of the molecule is OCC1(c2c(F)cncc2F)CCC1. The minimum atomic E-state index is -0.697. The number of nitrogens with zero attached hydrogens (tertiary/aromatic N) is 1. The Morgan fingerprint density at radius 3 is 2.21 bits per heavy atom. The highest BCUT2D eigenvalue weighted by Gasteiger charge is 2.42. The van der Waals surface area contributed by atoms with E-state index >= 15 is 0 Å². The molecular weight excluding hydrogens is 188 g/mol. The summed E-state index contributed by atoms with van der Waals surface area (Å²) in [6.45, 7) is -0.204. The van der Waals surface area contributed by atoms with Gasteiger partial charge in [0.2, 0.25) is 0 Å². The van der Waals surface area contributed by atoms with E-state index in [1.165, 1.54) is 0 Å². The summed E-state index contributed by atoms with van der Waals surface area (Å²) in [6, 6.07) is 0. The van der Waals surface area contributed by atoms with Crippen molar-refractivity contribution in [2.45, 2.75) is 24.7 Å². The molecule has 1 fully saturated rings. The van der Waals surface area contributed by atoms with Crippen LogP contribution in [0.1, 0.15) is 24.8 Å². The number of hydrogen-bond acceptors (Lipinski definition) is 2. The molecule has 0 aliphatic heterocycles. The molecule has 1 aliphatic rings. The molecular formula is C10H11F2NO. The molecule has 76 valence electrons. The summed E-state index contributed by atoms with van der Waals surface area (Å²) in [6.07, 6.45) is 4.17. The van der Waals surface area contributed by atoms with E-state index in [9.17, 15) is 13.9 Å². The summed E-state index contributed by atoms with van der Waals surface area (Å²) >= 11 is 0. The van der Waals surface area contributed by atoms with Crippen LogP contribution < -0.4 is 0 Å². The van der Waals surface area contributed by atoms with Gasteiger partial charge in [-0.3, -0.25) is 4.98 Å². The highest BCUT2D eigenvalue weighted by atomic mass is 19.1. The number of aliphatic hydroxyl groups is 1. The molecule has 1 aromatic rings. The van der Waals surface area contributed by atoms with Gasteiger partial charge in [-0.15, -0.1) is 0 Å². The second-order valence-corrected chi connectivity index (χ2v) is 3.77. The number of aromatic nitrogens is 1. The fraction of sp³-hybridized carbons (Fsp3) is 0.500. The molecule has 14 heavy (non-hydrogen) atoms. The third kappa shape index (κ3) is 1.21. The molecule has 0 unspecified atom stereocenters. The molecule has 4 heteroatoms. The van der Waals surface area contributed by atoms with Crippen LogP contribution >= 0.6 is 0 Å². The van der Waals surface area contributed by atoms with E-state index in [-0.39, 0.29) is 12.2 Å². The first-order valence-corrected chi connectivity index (χ1v) is 4.60. The van der Waals surface area contributed by atoms with Crippen LogP contribution in [0, 0.1) is 11.6 Å². The molecule has 1 N–H and O–H groups in total. The van der Waals surface area contributed by atoms with Gasteiger partial charge in [0.15, 0.2) is 0 Å². The lowest BCUT2D eigenvalue weighted by Gasteiger charge is -2.40. The van der Waals surface area contributed by atoms with Crippen molar-refractivity contribution in [1.29, 1.82) is 0 Å². The van der Waals surface area contributed by atoms with E-state index in [2.05, 4.69) is 4.98 Å². The van der Waals surface area contributed by atoms with E-state index < -0.39 is 17.0 Å². The van der Waals surface area contributed by atoms with E-state index in [0.717, 1.165) is 18.8 Å². The van der Waals surface area contributed by atoms with E-state index in [0.29, 0.717) is 12.8 Å². The molecule has 2 rings (SSSR count). The Morgan fingerprint density at radius 1 is 1.29 bits per heavy atom. The molecule has 1 aliphatic carbocycles. The van der Waals surface area contributed by atoms with Gasteiger partial charge in [0.05, 0.1) is 19.0 Å². The van der Waals surface area contributed by atoms with Gasteiger partial charge in [-0.05, 0) is 12.8 Å². The van der Waals surface area contributed by atoms with Gasteiger partial charge in [0, 0.05) is 11.0 Å². The smallest absolute Gasteiger partial charge is 0.148 e. The monoisotopic (exact) mass is 199 g/mol. The highest BCUT2D eigenvalue weighted by molar-refractivity contribution is 5.29. The normalized spacial score (nSPS) is 19.1. The summed E-state index contributed by atoms with van der Waals surface area (Å²) in [5.74, 6) is -1.31. The fourth-order valence-electron chi connectivity index (χ4n) is 2.01. The molecule has 1 heterocycles. The number of aliphatic hydroxyl groups excluding tert-OH is 1. The minimum absolute atomic E-state index is 0.00116. The Bertz CT molecular complexity index is 324. The van der Waals surface area contributed by atoms with Gasteiger partial charge in [0.25, 0.3) is 0 Å². The van der Waals surface area contributed by atoms with Crippen molar-refractivity contribution in [3.05, 3.63) is 29.6 Å².